The van der Waals surface area contributed by atoms with E-state index in [1.807, 2.05) is 25.1 Å². The number of aromatic hydroxyl groups is 1. The standard InChI is InChI=1S/C17H20FN3O2/c1-20(2)9-10-21(12-13-5-4-8-19-11-13)17(23)16-14(18)6-3-7-15(16)22/h3-8,11,22H,9-10,12H2,1-2H3. The van der Waals surface area contributed by atoms with Gasteiger partial charge in [-0.15, -0.1) is 0 Å². The monoisotopic (exact) mass is 317 g/mol. The van der Waals surface area contributed by atoms with Crippen LogP contribution in [0.15, 0.2) is 42.7 Å². The van der Waals surface area contributed by atoms with Gasteiger partial charge in [-0.2, -0.15) is 0 Å². The number of amides is 1. The zero-order valence-corrected chi connectivity index (χ0v) is 13.2. The molecule has 0 radical (unpaired) electrons. The molecule has 0 spiro atoms. The van der Waals surface area contributed by atoms with E-state index in [1.165, 1.54) is 23.1 Å². The maximum Gasteiger partial charge on any atom is 0.260 e. The Bertz CT molecular complexity index is 642. The third kappa shape index (κ3) is 4.50. The topological polar surface area (TPSA) is 56.7 Å². The molecule has 0 aliphatic heterocycles. The summed E-state index contributed by atoms with van der Waals surface area (Å²) in [6.07, 6.45) is 3.31. The molecular formula is C17H20FN3O2. The maximum atomic E-state index is 14.0. The minimum atomic E-state index is -0.726. The molecule has 0 fully saturated rings. The third-order valence-corrected chi connectivity index (χ3v) is 3.41. The van der Waals surface area contributed by atoms with Crippen molar-refractivity contribution in [3.8, 4) is 5.75 Å². The number of benzene rings is 1. The Morgan fingerprint density at radius 3 is 2.61 bits per heavy atom. The predicted molar refractivity (Wildman–Crippen MR) is 85.6 cm³/mol. The number of carbonyl (C=O) groups excluding carboxylic acids is 1. The van der Waals surface area contributed by atoms with Gasteiger partial charge < -0.3 is 14.9 Å². The molecule has 1 N–H and O–H groups in total. The summed E-state index contributed by atoms with van der Waals surface area (Å²) in [4.78, 5) is 20.2. The lowest BCUT2D eigenvalue weighted by molar-refractivity contribution is 0.0724. The Morgan fingerprint density at radius 1 is 1.22 bits per heavy atom. The quantitative estimate of drug-likeness (QED) is 0.887. The number of hydrogen-bond acceptors (Lipinski definition) is 4. The van der Waals surface area contributed by atoms with Crippen LogP contribution in [-0.2, 0) is 6.54 Å². The first-order valence-corrected chi connectivity index (χ1v) is 7.29. The molecule has 23 heavy (non-hydrogen) atoms. The fraction of sp³-hybridized carbons (Fsp3) is 0.294. The number of aromatic nitrogens is 1. The number of halogens is 1. The second-order valence-electron chi connectivity index (χ2n) is 5.53. The van der Waals surface area contributed by atoms with E-state index < -0.39 is 11.7 Å². The van der Waals surface area contributed by atoms with Crippen LogP contribution < -0.4 is 0 Å². The number of rotatable bonds is 6. The van der Waals surface area contributed by atoms with Gasteiger partial charge in [-0.05, 0) is 37.9 Å². The van der Waals surface area contributed by atoms with Crippen LogP contribution in [0.25, 0.3) is 0 Å². The molecule has 1 amide bonds. The van der Waals surface area contributed by atoms with Gasteiger partial charge in [0.2, 0.25) is 0 Å². The van der Waals surface area contributed by atoms with Gasteiger partial charge in [0.25, 0.3) is 5.91 Å². The second kappa shape index (κ2) is 7.69. The highest BCUT2D eigenvalue weighted by atomic mass is 19.1. The van der Waals surface area contributed by atoms with E-state index in [2.05, 4.69) is 4.98 Å². The van der Waals surface area contributed by atoms with Crippen molar-refractivity contribution < 1.29 is 14.3 Å². The molecule has 5 nitrogen and oxygen atoms in total. The number of hydrogen-bond donors (Lipinski definition) is 1. The van der Waals surface area contributed by atoms with E-state index in [1.54, 1.807) is 18.5 Å². The molecule has 0 saturated heterocycles. The molecule has 0 saturated carbocycles. The molecule has 2 rings (SSSR count). The first-order valence-electron chi connectivity index (χ1n) is 7.29. The van der Waals surface area contributed by atoms with Gasteiger partial charge in [-0.25, -0.2) is 4.39 Å². The smallest absolute Gasteiger partial charge is 0.260 e. The molecule has 2 aromatic rings. The van der Waals surface area contributed by atoms with Crippen LogP contribution in [0.2, 0.25) is 0 Å². The van der Waals surface area contributed by atoms with E-state index in [-0.39, 0.29) is 11.3 Å². The average molecular weight is 317 g/mol. The Morgan fingerprint density at radius 2 is 2.00 bits per heavy atom. The fourth-order valence-corrected chi connectivity index (χ4v) is 2.17. The van der Waals surface area contributed by atoms with Gasteiger partial charge in [0.15, 0.2) is 0 Å². The van der Waals surface area contributed by atoms with Crippen LogP contribution in [0.4, 0.5) is 4.39 Å². The Hall–Kier alpha value is -2.47. The van der Waals surface area contributed by atoms with E-state index in [4.69, 9.17) is 0 Å². The summed E-state index contributed by atoms with van der Waals surface area (Å²) in [5.41, 5.74) is 0.547. The minimum absolute atomic E-state index is 0.296. The van der Waals surface area contributed by atoms with Crippen molar-refractivity contribution in [1.29, 1.82) is 0 Å². The molecule has 1 aromatic carbocycles. The highest BCUT2D eigenvalue weighted by molar-refractivity contribution is 5.97. The summed E-state index contributed by atoms with van der Waals surface area (Å²) in [5.74, 6) is -1.61. The van der Waals surface area contributed by atoms with Gasteiger partial charge in [-0.3, -0.25) is 9.78 Å². The zero-order valence-electron chi connectivity index (χ0n) is 13.2. The second-order valence-corrected chi connectivity index (χ2v) is 5.53. The highest BCUT2D eigenvalue weighted by Crippen LogP contribution is 2.22. The van der Waals surface area contributed by atoms with Crippen LogP contribution >= 0.6 is 0 Å². The van der Waals surface area contributed by atoms with E-state index >= 15 is 0 Å². The van der Waals surface area contributed by atoms with Crippen LogP contribution in [0.5, 0.6) is 5.75 Å². The Balaban J connectivity index is 2.27. The third-order valence-electron chi connectivity index (χ3n) is 3.41. The van der Waals surface area contributed by atoms with Gasteiger partial charge >= 0.3 is 0 Å². The van der Waals surface area contributed by atoms with Crippen LogP contribution in [0, 0.1) is 5.82 Å². The normalized spacial score (nSPS) is 10.8. The summed E-state index contributed by atoms with van der Waals surface area (Å²) in [5, 5.41) is 9.84. The maximum absolute atomic E-state index is 14.0. The fourth-order valence-electron chi connectivity index (χ4n) is 2.17. The summed E-state index contributed by atoms with van der Waals surface area (Å²) in [6.45, 7) is 1.34. The lowest BCUT2D eigenvalue weighted by Gasteiger charge is -2.25. The highest BCUT2D eigenvalue weighted by Gasteiger charge is 2.23. The van der Waals surface area contributed by atoms with Crippen molar-refractivity contribution in [1.82, 2.24) is 14.8 Å². The van der Waals surface area contributed by atoms with Gasteiger partial charge in [0.1, 0.15) is 17.1 Å². The van der Waals surface area contributed by atoms with Crippen molar-refractivity contribution in [2.75, 3.05) is 27.2 Å². The van der Waals surface area contributed by atoms with Crippen molar-refractivity contribution in [3.05, 3.63) is 59.7 Å². The van der Waals surface area contributed by atoms with E-state index in [0.29, 0.717) is 19.6 Å². The van der Waals surface area contributed by atoms with E-state index in [9.17, 15) is 14.3 Å². The van der Waals surface area contributed by atoms with Crippen LogP contribution in [0.1, 0.15) is 15.9 Å². The van der Waals surface area contributed by atoms with Gasteiger partial charge in [0, 0.05) is 32.0 Å². The molecule has 0 aliphatic carbocycles. The molecule has 0 bridgehead atoms. The number of likely N-dealkylation sites (N-methyl/N-ethyl adjacent to an activating group) is 1. The van der Waals surface area contributed by atoms with Crippen LogP contribution in [-0.4, -0.2) is 53.0 Å². The average Bonchev–Trinajstić information content (AvgIpc) is 2.52. The van der Waals surface area contributed by atoms with Crippen molar-refractivity contribution in [2.24, 2.45) is 0 Å². The molecular weight excluding hydrogens is 297 g/mol. The number of phenols is 1. The Labute approximate surface area is 135 Å². The Kier molecular flexibility index (Phi) is 5.65. The number of nitrogens with zero attached hydrogens (tertiary/aromatic N) is 3. The largest absolute Gasteiger partial charge is 0.507 e. The zero-order chi connectivity index (χ0) is 16.8. The first-order chi connectivity index (χ1) is 11.0. The molecule has 0 unspecified atom stereocenters. The molecule has 1 aromatic heterocycles. The predicted octanol–water partition coefficient (Wildman–Crippen LogP) is 2.13. The lowest BCUT2D eigenvalue weighted by atomic mass is 10.1. The summed E-state index contributed by atoms with van der Waals surface area (Å²) < 4.78 is 14.0. The molecule has 6 heteroatoms. The van der Waals surface area contributed by atoms with Crippen LogP contribution in [0.3, 0.4) is 0 Å². The number of phenolic OH excluding ortho intramolecular Hbond substituents is 1. The summed E-state index contributed by atoms with van der Waals surface area (Å²) in [6, 6.07) is 7.48. The first kappa shape index (κ1) is 16.9. The minimum Gasteiger partial charge on any atom is -0.507 e. The molecule has 0 aliphatic rings. The van der Waals surface area contributed by atoms with E-state index in [0.717, 1.165) is 5.56 Å². The summed E-state index contributed by atoms with van der Waals surface area (Å²) >= 11 is 0. The van der Waals surface area contributed by atoms with Gasteiger partial charge in [-0.1, -0.05) is 12.1 Å². The number of pyridine rings is 1. The lowest BCUT2D eigenvalue weighted by Crippen LogP contribution is -2.36. The van der Waals surface area contributed by atoms with Gasteiger partial charge in [0.05, 0.1) is 0 Å². The molecule has 122 valence electrons. The van der Waals surface area contributed by atoms with Crippen molar-refractivity contribution >= 4 is 5.91 Å². The molecule has 0 atom stereocenters. The van der Waals surface area contributed by atoms with Crippen molar-refractivity contribution in [3.63, 3.8) is 0 Å². The van der Waals surface area contributed by atoms with Crippen molar-refractivity contribution in [2.45, 2.75) is 6.54 Å². The molecule has 1 heterocycles. The number of carbonyl (C=O) groups is 1. The SMILES string of the molecule is CN(C)CCN(Cc1cccnc1)C(=O)c1c(O)cccc1F. The summed E-state index contributed by atoms with van der Waals surface area (Å²) in [7, 11) is 3.79.